The van der Waals surface area contributed by atoms with E-state index in [4.69, 9.17) is 4.74 Å². The molecule has 1 saturated heterocycles. The fourth-order valence-corrected chi connectivity index (χ4v) is 2.78. The van der Waals surface area contributed by atoms with Crippen LogP contribution in [-0.4, -0.2) is 25.1 Å². The summed E-state index contributed by atoms with van der Waals surface area (Å²) in [5, 5.41) is 0. The van der Waals surface area contributed by atoms with Crippen molar-refractivity contribution in [2.45, 2.75) is 6.04 Å². The molecule has 2 heteroatoms. The van der Waals surface area contributed by atoms with E-state index in [1.54, 1.807) is 7.11 Å². The van der Waals surface area contributed by atoms with Gasteiger partial charge in [-0.1, -0.05) is 60.7 Å². The molecule has 1 heterocycles. The smallest absolute Gasteiger partial charge is 0.0842 e. The Morgan fingerprint density at radius 2 is 1.40 bits per heavy atom. The van der Waals surface area contributed by atoms with Gasteiger partial charge in [0.05, 0.1) is 19.4 Å². The van der Waals surface area contributed by atoms with Gasteiger partial charge in [0, 0.05) is 13.1 Å². The van der Waals surface area contributed by atoms with E-state index in [9.17, 15) is 0 Å². The molecule has 2 aromatic rings. The van der Waals surface area contributed by atoms with E-state index in [0.717, 1.165) is 13.1 Å². The third-order valence-electron chi connectivity index (χ3n) is 3.69. The maximum Gasteiger partial charge on any atom is 0.0842 e. The molecule has 0 aromatic heterocycles. The first-order valence-corrected chi connectivity index (χ1v) is 6.93. The molecule has 2 aromatic carbocycles. The fourth-order valence-electron chi connectivity index (χ4n) is 2.78. The number of benzene rings is 2. The molecule has 3 rings (SSSR count). The summed E-state index contributed by atoms with van der Waals surface area (Å²) in [6, 6.07) is 21.7. The van der Waals surface area contributed by atoms with Crippen LogP contribution in [0, 0.1) is 0 Å². The highest BCUT2D eigenvalue weighted by molar-refractivity contribution is 5.34. The summed E-state index contributed by atoms with van der Waals surface area (Å²) < 4.78 is 5.10. The zero-order valence-corrected chi connectivity index (χ0v) is 11.7. The van der Waals surface area contributed by atoms with Crippen LogP contribution in [0.3, 0.4) is 0 Å². The summed E-state index contributed by atoms with van der Waals surface area (Å²) in [5.74, 6) is 0. The maximum atomic E-state index is 5.10. The lowest BCUT2D eigenvalue weighted by molar-refractivity contribution is 0.190. The lowest BCUT2D eigenvalue weighted by Gasteiger charge is -2.40. The molecule has 0 atom stereocenters. The molecule has 1 aliphatic rings. The van der Waals surface area contributed by atoms with E-state index in [-0.39, 0.29) is 0 Å². The Morgan fingerprint density at radius 3 is 1.85 bits per heavy atom. The first kappa shape index (κ1) is 12.9. The number of likely N-dealkylation sites (tertiary alicyclic amines) is 1. The Hall–Kier alpha value is -2.06. The molecule has 20 heavy (non-hydrogen) atoms. The summed E-state index contributed by atoms with van der Waals surface area (Å²) >= 11 is 0. The minimum atomic E-state index is 0.325. The molecule has 0 radical (unpaired) electrons. The molecule has 1 fully saturated rings. The average molecular weight is 265 g/mol. The van der Waals surface area contributed by atoms with Crippen LogP contribution in [0.5, 0.6) is 0 Å². The van der Waals surface area contributed by atoms with Gasteiger partial charge >= 0.3 is 0 Å². The van der Waals surface area contributed by atoms with E-state index in [1.807, 2.05) is 6.26 Å². The van der Waals surface area contributed by atoms with Crippen molar-refractivity contribution in [3.63, 3.8) is 0 Å². The molecule has 0 spiro atoms. The number of hydrogen-bond donors (Lipinski definition) is 0. The standard InChI is InChI=1S/C18H19NO/c1-20-14-15-12-19(13-15)18(16-8-4-2-5-9-16)17-10-6-3-7-11-17/h2-11,14,18H,12-13H2,1H3. The maximum absolute atomic E-state index is 5.10. The summed E-state index contributed by atoms with van der Waals surface area (Å²) in [6.07, 6.45) is 1.86. The van der Waals surface area contributed by atoms with Gasteiger partial charge < -0.3 is 4.74 Å². The molecule has 0 saturated carbocycles. The largest absolute Gasteiger partial charge is 0.504 e. The second-order valence-electron chi connectivity index (χ2n) is 5.14. The minimum absolute atomic E-state index is 0.325. The molecule has 0 aliphatic carbocycles. The van der Waals surface area contributed by atoms with Crippen LogP contribution < -0.4 is 0 Å². The molecule has 0 bridgehead atoms. The second kappa shape index (κ2) is 5.93. The highest BCUT2D eigenvalue weighted by atomic mass is 16.5. The van der Waals surface area contributed by atoms with Crippen LogP contribution in [0.4, 0.5) is 0 Å². The van der Waals surface area contributed by atoms with Crippen molar-refractivity contribution in [1.82, 2.24) is 4.90 Å². The molecule has 2 nitrogen and oxygen atoms in total. The number of methoxy groups -OCH3 is 1. The van der Waals surface area contributed by atoms with Gasteiger partial charge in [-0.3, -0.25) is 4.90 Å². The topological polar surface area (TPSA) is 12.5 Å². The first-order valence-electron chi connectivity index (χ1n) is 6.93. The van der Waals surface area contributed by atoms with Crippen LogP contribution in [0.2, 0.25) is 0 Å². The van der Waals surface area contributed by atoms with Gasteiger partial charge in [0.25, 0.3) is 0 Å². The molecule has 102 valence electrons. The highest BCUT2D eigenvalue weighted by Crippen LogP contribution is 2.33. The van der Waals surface area contributed by atoms with Gasteiger partial charge in [-0.2, -0.15) is 0 Å². The number of nitrogens with zero attached hydrogens (tertiary/aromatic N) is 1. The van der Waals surface area contributed by atoms with Crippen molar-refractivity contribution >= 4 is 0 Å². The van der Waals surface area contributed by atoms with E-state index < -0.39 is 0 Å². The van der Waals surface area contributed by atoms with E-state index in [0.29, 0.717) is 6.04 Å². The van der Waals surface area contributed by atoms with Crippen LogP contribution >= 0.6 is 0 Å². The van der Waals surface area contributed by atoms with Gasteiger partial charge in [-0.25, -0.2) is 0 Å². The third-order valence-corrected chi connectivity index (χ3v) is 3.69. The molecule has 0 unspecified atom stereocenters. The molecular weight excluding hydrogens is 246 g/mol. The lowest BCUT2D eigenvalue weighted by atomic mass is 9.93. The summed E-state index contributed by atoms with van der Waals surface area (Å²) in [6.45, 7) is 1.95. The number of rotatable bonds is 4. The van der Waals surface area contributed by atoms with Crippen molar-refractivity contribution in [1.29, 1.82) is 0 Å². The predicted octanol–water partition coefficient (Wildman–Crippen LogP) is 3.62. The summed E-state index contributed by atoms with van der Waals surface area (Å²) in [7, 11) is 1.71. The minimum Gasteiger partial charge on any atom is -0.504 e. The van der Waals surface area contributed by atoms with Gasteiger partial charge in [0.15, 0.2) is 0 Å². The quantitative estimate of drug-likeness (QED) is 0.783. The van der Waals surface area contributed by atoms with Gasteiger partial charge in [-0.05, 0) is 16.7 Å². The number of ether oxygens (including phenoxy) is 1. The van der Waals surface area contributed by atoms with Crippen molar-refractivity contribution in [3.05, 3.63) is 83.6 Å². The van der Waals surface area contributed by atoms with Crippen molar-refractivity contribution in [2.24, 2.45) is 0 Å². The van der Waals surface area contributed by atoms with Gasteiger partial charge in [0.2, 0.25) is 0 Å². The van der Waals surface area contributed by atoms with E-state index in [1.165, 1.54) is 16.7 Å². The Kier molecular flexibility index (Phi) is 3.84. The lowest BCUT2D eigenvalue weighted by Crippen LogP contribution is -2.43. The Labute approximate surface area is 120 Å². The Morgan fingerprint density at radius 1 is 0.900 bits per heavy atom. The fraction of sp³-hybridized carbons (Fsp3) is 0.222. The Bertz CT molecular complexity index is 529. The monoisotopic (exact) mass is 265 g/mol. The summed E-state index contributed by atoms with van der Waals surface area (Å²) in [5.41, 5.74) is 4.04. The van der Waals surface area contributed by atoms with Crippen LogP contribution in [-0.2, 0) is 4.74 Å². The zero-order chi connectivity index (χ0) is 13.8. The molecule has 0 amide bonds. The van der Waals surface area contributed by atoms with Crippen LogP contribution in [0.15, 0.2) is 72.5 Å². The van der Waals surface area contributed by atoms with Gasteiger partial charge in [0.1, 0.15) is 0 Å². The van der Waals surface area contributed by atoms with Crippen LogP contribution in [0.1, 0.15) is 17.2 Å². The molecule has 1 aliphatic heterocycles. The van der Waals surface area contributed by atoms with Crippen molar-refractivity contribution in [3.8, 4) is 0 Å². The van der Waals surface area contributed by atoms with E-state index in [2.05, 4.69) is 65.6 Å². The molecular formula is C18H19NO. The van der Waals surface area contributed by atoms with Gasteiger partial charge in [-0.15, -0.1) is 0 Å². The van der Waals surface area contributed by atoms with Crippen molar-refractivity contribution in [2.75, 3.05) is 20.2 Å². The average Bonchev–Trinajstić information content (AvgIpc) is 2.47. The van der Waals surface area contributed by atoms with Crippen molar-refractivity contribution < 1.29 is 4.74 Å². The second-order valence-corrected chi connectivity index (χ2v) is 5.14. The van der Waals surface area contributed by atoms with Crippen LogP contribution in [0.25, 0.3) is 0 Å². The Balaban J connectivity index is 1.88. The predicted molar refractivity (Wildman–Crippen MR) is 81.4 cm³/mol. The highest BCUT2D eigenvalue weighted by Gasteiger charge is 2.30. The first-order chi connectivity index (χ1) is 9.88. The SMILES string of the molecule is COC=C1CN(C(c2ccccc2)c2ccccc2)C1. The number of hydrogen-bond acceptors (Lipinski definition) is 2. The zero-order valence-electron chi connectivity index (χ0n) is 11.7. The normalized spacial score (nSPS) is 15.0. The molecule has 0 N–H and O–H groups in total. The summed E-state index contributed by atoms with van der Waals surface area (Å²) in [4.78, 5) is 2.47. The van der Waals surface area contributed by atoms with E-state index >= 15 is 0 Å². The third kappa shape index (κ3) is 2.61.